The number of rotatable bonds is 4. The van der Waals surface area contributed by atoms with Crippen molar-refractivity contribution in [1.82, 2.24) is 9.88 Å². The van der Waals surface area contributed by atoms with Crippen molar-refractivity contribution in [2.24, 2.45) is 0 Å². The second-order valence-electron chi connectivity index (χ2n) is 4.55. The molecule has 1 fully saturated rings. The van der Waals surface area contributed by atoms with Gasteiger partial charge in [-0.05, 0) is 6.07 Å². The van der Waals surface area contributed by atoms with Crippen LogP contribution in [0.25, 0.3) is 0 Å². The number of piperazine rings is 1. The van der Waals surface area contributed by atoms with Crippen LogP contribution in [0.3, 0.4) is 0 Å². The maximum absolute atomic E-state index is 11.9. The van der Waals surface area contributed by atoms with E-state index in [0.717, 1.165) is 31.9 Å². The third-order valence-corrected chi connectivity index (χ3v) is 3.32. The highest BCUT2D eigenvalue weighted by atomic mass is 16.5. The second-order valence-corrected chi connectivity index (χ2v) is 4.55. The number of methoxy groups -OCH3 is 1. The molecule has 19 heavy (non-hydrogen) atoms. The van der Waals surface area contributed by atoms with Crippen molar-refractivity contribution in [1.29, 1.82) is 0 Å². The monoisotopic (exact) mass is 264 g/mol. The predicted molar refractivity (Wildman–Crippen MR) is 73.9 cm³/mol. The van der Waals surface area contributed by atoms with E-state index >= 15 is 0 Å². The van der Waals surface area contributed by atoms with Crippen molar-refractivity contribution in [3.05, 3.63) is 18.5 Å². The standard InChI is InChI=1S/C13H20N4O2/c1-19-9-3-13(18)17-7-5-16(6-8-17)12-2-4-15-10-11(12)14/h2,4,10H,3,5-9,14H2,1H3. The molecule has 0 bridgehead atoms. The minimum Gasteiger partial charge on any atom is -0.396 e. The van der Waals surface area contributed by atoms with Gasteiger partial charge in [-0.1, -0.05) is 0 Å². The van der Waals surface area contributed by atoms with Crippen molar-refractivity contribution in [2.45, 2.75) is 6.42 Å². The lowest BCUT2D eigenvalue weighted by molar-refractivity contribution is -0.132. The highest BCUT2D eigenvalue weighted by Gasteiger charge is 2.21. The van der Waals surface area contributed by atoms with Gasteiger partial charge < -0.3 is 20.3 Å². The minimum absolute atomic E-state index is 0.157. The van der Waals surface area contributed by atoms with Crippen molar-refractivity contribution < 1.29 is 9.53 Å². The van der Waals surface area contributed by atoms with Gasteiger partial charge in [0.05, 0.1) is 30.6 Å². The molecule has 1 amide bonds. The van der Waals surface area contributed by atoms with E-state index in [4.69, 9.17) is 10.5 Å². The number of nitrogen functional groups attached to an aromatic ring is 1. The zero-order valence-corrected chi connectivity index (χ0v) is 11.2. The van der Waals surface area contributed by atoms with E-state index in [9.17, 15) is 4.79 Å². The molecule has 0 saturated carbocycles. The molecule has 2 N–H and O–H groups in total. The Balaban J connectivity index is 1.89. The molecular weight excluding hydrogens is 244 g/mol. The summed E-state index contributed by atoms with van der Waals surface area (Å²) in [6.45, 7) is 3.53. The van der Waals surface area contributed by atoms with Gasteiger partial charge >= 0.3 is 0 Å². The number of nitrogens with two attached hydrogens (primary N) is 1. The van der Waals surface area contributed by atoms with E-state index < -0.39 is 0 Å². The molecule has 1 saturated heterocycles. The number of amides is 1. The number of hydrogen-bond acceptors (Lipinski definition) is 5. The Bertz CT molecular complexity index is 430. The summed E-state index contributed by atoms with van der Waals surface area (Å²) in [5.41, 5.74) is 7.59. The Labute approximate surface area is 113 Å². The molecule has 6 heteroatoms. The normalized spacial score (nSPS) is 15.6. The quantitative estimate of drug-likeness (QED) is 0.849. The molecule has 1 aromatic rings. The Morgan fingerprint density at radius 1 is 1.42 bits per heavy atom. The summed E-state index contributed by atoms with van der Waals surface area (Å²) >= 11 is 0. The van der Waals surface area contributed by atoms with E-state index in [0.29, 0.717) is 18.7 Å². The number of hydrogen-bond donors (Lipinski definition) is 1. The van der Waals surface area contributed by atoms with Crippen molar-refractivity contribution in [2.75, 3.05) is 50.5 Å². The average Bonchev–Trinajstić information content (AvgIpc) is 2.45. The molecule has 2 heterocycles. The molecule has 6 nitrogen and oxygen atoms in total. The molecule has 2 rings (SSSR count). The number of ether oxygens (including phenoxy) is 1. The summed E-state index contributed by atoms with van der Waals surface area (Å²) in [7, 11) is 1.61. The van der Waals surface area contributed by atoms with Crippen LogP contribution in [0.4, 0.5) is 11.4 Å². The predicted octanol–water partition coefficient (Wildman–Crippen LogP) is 0.349. The van der Waals surface area contributed by atoms with E-state index in [1.165, 1.54) is 0 Å². The molecule has 0 atom stereocenters. The van der Waals surface area contributed by atoms with E-state index in [1.807, 2.05) is 11.0 Å². The summed E-state index contributed by atoms with van der Waals surface area (Å²) in [6.07, 6.45) is 3.85. The highest BCUT2D eigenvalue weighted by molar-refractivity contribution is 5.77. The van der Waals surface area contributed by atoms with Gasteiger partial charge in [0.15, 0.2) is 0 Å². The lowest BCUT2D eigenvalue weighted by atomic mass is 10.2. The van der Waals surface area contributed by atoms with Gasteiger partial charge in [-0.25, -0.2) is 0 Å². The molecule has 1 aromatic heterocycles. The highest BCUT2D eigenvalue weighted by Crippen LogP contribution is 2.22. The number of pyridine rings is 1. The number of anilines is 2. The maximum atomic E-state index is 11.9. The SMILES string of the molecule is COCCC(=O)N1CCN(c2ccncc2N)CC1. The smallest absolute Gasteiger partial charge is 0.225 e. The molecule has 1 aliphatic heterocycles. The fraction of sp³-hybridized carbons (Fsp3) is 0.538. The minimum atomic E-state index is 0.157. The Hall–Kier alpha value is -1.82. The maximum Gasteiger partial charge on any atom is 0.225 e. The van der Waals surface area contributed by atoms with Crippen LogP contribution in [0.15, 0.2) is 18.5 Å². The zero-order chi connectivity index (χ0) is 13.7. The average molecular weight is 264 g/mol. The molecule has 0 unspecified atom stereocenters. The zero-order valence-electron chi connectivity index (χ0n) is 11.2. The van der Waals surface area contributed by atoms with E-state index in [2.05, 4.69) is 9.88 Å². The summed E-state index contributed by atoms with van der Waals surface area (Å²) in [4.78, 5) is 19.9. The lowest BCUT2D eigenvalue weighted by Gasteiger charge is -2.36. The Kier molecular flexibility index (Phi) is 4.57. The molecular formula is C13H20N4O2. The number of carbonyl (C=O) groups is 1. The summed E-state index contributed by atoms with van der Waals surface area (Å²) in [5, 5.41) is 0. The van der Waals surface area contributed by atoms with Crippen LogP contribution in [0.5, 0.6) is 0 Å². The van der Waals surface area contributed by atoms with Gasteiger partial charge in [-0.15, -0.1) is 0 Å². The number of nitrogens with zero attached hydrogens (tertiary/aromatic N) is 3. The van der Waals surface area contributed by atoms with Gasteiger partial charge in [0, 0.05) is 39.5 Å². The fourth-order valence-corrected chi connectivity index (χ4v) is 2.23. The Morgan fingerprint density at radius 2 is 2.16 bits per heavy atom. The molecule has 0 aliphatic carbocycles. The molecule has 1 aliphatic rings. The van der Waals surface area contributed by atoms with Gasteiger partial charge in [-0.3, -0.25) is 9.78 Å². The first-order chi connectivity index (χ1) is 9.22. The molecule has 0 aromatic carbocycles. The molecule has 0 radical (unpaired) electrons. The largest absolute Gasteiger partial charge is 0.396 e. The van der Waals surface area contributed by atoms with Gasteiger partial charge in [0.1, 0.15) is 0 Å². The van der Waals surface area contributed by atoms with E-state index in [1.54, 1.807) is 19.5 Å². The van der Waals surface area contributed by atoms with Crippen molar-refractivity contribution in [3.63, 3.8) is 0 Å². The topological polar surface area (TPSA) is 71.7 Å². The fourth-order valence-electron chi connectivity index (χ4n) is 2.23. The first-order valence-electron chi connectivity index (χ1n) is 6.43. The molecule has 0 spiro atoms. The Morgan fingerprint density at radius 3 is 2.79 bits per heavy atom. The first-order valence-corrected chi connectivity index (χ1v) is 6.43. The lowest BCUT2D eigenvalue weighted by Crippen LogP contribution is -2.49. The number of aromatic nitrogens is 1. The van der Waals surface area contributed by atoms with Crippen LogP contribution in [-0.4, -0.2) is 55.7 Å². The third kappa shape index (κ3) is 3.35. The van der Waals surface area contributed by atoms with Crippen LogP contribution >= 0.6 is 0 Å². The first kappa shape index (κ1) is 13.6. The van der Waals surface area contributed by atoms with Crippen LogP contribution in [0, 0.1) is 0 Å². The van der Waals surface area contributed by atoms with Gasteiger partial charge in [-0.2, -0.15) is 0 Å². The summed E-state index contributed by atoms with van der Waals surface area (Å²) in [5.74, 6) is 0.157. The van der Waals surface area contributed by atoms with Crippen LogP contribution < -0.4 is 10.6 Å². The van der Waals surface area contributed by atoms with Crippen molar-refractivity contribution in [3.8, 4) is 0 Å². The van der Waals surface area contributed by atoms with Crippen LogP contribution in [-0.2, 0) is 9.53 Å². The second kappa shape index (κ2) is 6.38. The van der Waals surface area contributed by atoms with Gasteiger partial charge in [0.2, 0.25) is 5.91 Å². The van der Waals surface area contributed by atoms with Crippen molar-refractivity contribution >= 4 is 17.3 Å². The van der Waals surface area contributed by atoms with E-state index in [-0.39, 0.29) is 5.91 Å². The van der Waals surface area contributed by atoms with Gasteiger partial charge in [0.25, 0.3) is 0 Å². The third-order valence-electron chi connectivity index (χ3n) is 3.32. The van der Waals surface area contributed by atoms with Crippen LogP contribution in [0.2, 0.25) is 0 Å². The number of carbonyl (C=O) groups excluding carboxylic acids is 1. The summed E-state index contributed by atoms with van der Waals surface area (Å²) < 4.78 is 4.93. The summed E-state index contributed by atoms with van der Waals surface area (Å²) in [6, 6.07) is 1.91. The van der Waals surface area contributed by atoms with Crippen LogP contribution in [0.1, 0.15) is 6.42 Å². The molecule has 104 valence electrons.